The molecule has 27 heavy (non-hydrogen) atoms. The van der Waals surface area contributed by atoms with Gasteiger partial charge in [-0.3, -0.25) is 4.68 Å². The molecule has 2 aliphatic rings. The number of hydrogen-bond acceptors (Lipinski definition) is 5. The average molecular weight is 382 g/mol. The monoisotopic (exact) mass is 382 g/mol. The number of nitrogens with zero attached hydrogens (tertiary/aromatic N) is 4. The molecule has 150 valence electrons. The molecule has 0 saturated carbocycles. The zero-order valence-corrected chi connectivity index (χ0v) is 16.6. The van der Waals surface area contributed by atoms with Crippen molar-refractivity contribution in [2.75, 3.05) is 26.3 Å². The Labute approximate surface area is 160 Å². The molecule has 0 aromatic carbocycles. The zero-order chi connectivity index (χ0) is 19.7. The maximum Gasteiger partial charge on any atom is 0.525 e. The Morgan fingerprint density at radius 2 is 1.89 bits per heavy atom. The first-order chi connectivity index (χ1) is 12.7. The van der Waals surface area contributed by atoms with Crippen molar-refractivity contribution in [3.05, 3.63) is 17.6 Å². The van der Waals surface area contributed by atoms with Gasteiger partial charge in [-0.25, -0.2) is 8.78 Å². The number of likely N-dealkylation sites (tertiary alicyclic amines) is 1. The second kappa shape index (κ2) is 7.97. The highest BCUT2D eigenvalue weighted by Crippen LogP contribution is 2.39. The fraction of sp³-hybridized carbons (Fsp3) is 0.778. The molecule has 0 aliphatic carbocycles. The molecule has 0 atom stereocenters. The van der Waals surface area contributed by atoms with Crippen LogP contribution in [0.4, 0.5) is 8.78 Å². The summed E-state index contributed by atoms with van der Waals surface area (Å²) < 4.78 is 40.1. The standard InChI is InChI=1S/C18H29BF2N4O2/c1-17(2)18(3,4)27-19(26-17)16(21)11-15-13-25(23-22-15)12-14-5-8-24(9-6-14)10-7-20/h11,13-14H,5-10,12H2,1-4H3. The van der Waals surface area contributed by atoms with Crippen LogP contribution in [0.15, 0.2) is 11.9 Å². The lowest BCUT2D eigenvalue weighted by Crippen LogP contribution is -2.41. The first-order valence-electron chi connectivity index (χ1n) is 9.61. The van der Waals surface area contributed by atoms with E-state index in [0.29, 0.717) is 18.2 Å². The van der Waals surface area contributed by atoms with E-state index in [1.54, 1.807) is 10.9 Å². The number of alkyl halides is 1. The highest BCUT2D eigenvalue weighted by Gasteiger charge is 2.53. The van der Waals surface area contributed by atoms with Crippen LogP contribution in [-0.2, 0) is 15.9 Å². The Morgan fingerprint density at radius 1 is 1.26 bits per heavy atom. The number of halogens is 2. The van der Waals surface area contributed by atoms with Gasteiger partial charge in [0.15, 0.2) is 0 Å². The number of hydrogen-bond donors (Lipinski definition) is 0. The molecule has 3 heterocycles. The Hall–Kier alpha value is -1.32. The topological polar surface area (TPSA) is 52.4 Å². The number of piperidine rings is 1. The summed E-state index contributed by atoms with van der Waals surface area (Å²) in [6.45, 7) is 10.3. The lowest BCUT2D eigenvalue weighted by Gasteiger charge is -2.32. The van der Waals surface area contributed by atoms with Gasteiger partial charge in [-0.15, -0.1) is 5.10 Å². The number of rotatable bonds is 6. The summed E-state index contributed by atoms with van der Waals surface area (Å²) in [4.78, 5) is 2.14. The molecule has 1 aromatic heterocycles. The summed E-state index contributed by atoms with van der Waals surface area (Å²) in [6, 6.07) is 0. The molecular formula is C18H29BF2N4O2. The van der Waals surface area contributed by atoms with E-state index in [-0.39, 0.29) is 6.67 Å². The molecule has 1 aromatic rings. The van der Waals surface area contributed by atoms with Gasteiger partial charge in [-0.1, -0.05) is 5.21 Å². The second-order valence-corrected chi connectivity index (χ2v) is 8.46. The summed E-state index contributed by atoms with van der Waals surface area (Å²) in [5.74, 6) is 0.479. The van der Waals surface area contributed by atoms with Crippen LogP contribution in [0.5, 0.6) is 0 Å². The number of aromatic nitrogens is 3. The van der Waals surface area contributed by atoms with Crippen molar-refractivity contribution in [1.82, 2.24) is 19.9 Å². The molecule has 0 radical (unpaired) electrons. The summed E-state index contributed by atoms with van der Waals surface area (Å²) in [5, 5.41) is 8.14. The first kappa shape index (κ1) is 20.4. The zero-order valence-electron chi connectivity index (χ0n) is 16.6. The van der Waals surface area contributed by atoms with E-state index in [9.17, 15) is 8.78 Å². The Bertz CT molecular complexity index is 656. The molecule has 0 bridgehead atoms. The van der Waals surface area contributed by atoms with Crippen LogP contribution >= 0.6 is 0 Å². The van der Waals surface area contributed by atoms with Gasteiger partial charge in [0.1, 0.15) is 18.1 Å². The van der Waals surface area contributed by atoms with Gasteiger partial charge in [-0.05, 0) is 65.6 Å². The first-order valence-corrected chi connectivity index (χ1v) is 9.61. The van der Waals surface area contributed by atoms with Gasteiger partial charge in [0.2, 0.25) is 0 Å². The van der Waals surface area contributed by atoms with Crippen molar-refractivity contribution in [3.8, 4) is 0 Å². The van der Waals surface area contributed by atoms with Crippen LogP contribution < -0.4 is 0 Å². The molecule has 0 unspecified atom stereocenters. The molecule has 0 N–H and O–H groups in total. The molecule has 2 saturated heterocycles. The summed E-state index contributed by atoms with van der Waals surface area (Å²) in [5.41, 5.74) is -1.24. The summed E-state index contributed by atoms with van der Waals surface area (Å²) >= 11 is 0. The molecule has 9 heteroatoms. The van der Waals surface area contributed by atoms with Gasteiger partial charge in [0.05, 0.1) is 17.4 Å². The maximum atomic E-state index is 14.6. The predicted molar refractivity (Wildman–Crippen MR) is 100 cm³/mol. The molecule has 2 fully saturated rings. The highest BCUT2D eigenvalue weighted by atomic mass is 19.1. The van der Waals surface area contributed by atoms with Crippen molar-refractivity contribution in [3.63, 3.8) is 0 Å². The highest BCUT2D eigenvalue weighted by molar-refractivity contribution is 6.54. The van der Waals surface area contributed by atoms with E-state index in [0.717, 1.165) is 32.5 Å². The van der Waals surface area contributed by atoms with Crippen LogP contribution in [0.25, 0.3) is 6.08 Å². The minimum absolute atomic E-state index is 0.294. The van der Waals surface area contributed by atoms with E-state index in [4.69, 9.17) is 9.31 Å². The molecule has 0 amide bonds. The third-order valence-corrected chi connectivity index (χ3v) is 5.87. The van der Waals surface area contributed by atoms with Gasteiger partial charge in [-0.2, -0.15) is 0 Å². The molecular weight excluding hydrogens is 353 g/mol. The van der Waals surface area contributed by atoms with E-state index in [1.807, 2.05) is 27.7 Å². The van der Waals surface area contributed by atoms with Crippen LogP contribution in [0.3, 0.4) is 0 Å². The molecule has 2 aliphatic heterocycles. The average Bonchev–Trinajstić information content (AvgIpc) is 3.11. The van der Waals surface area contributed by atoms with Gasteiger partial charge in [0.25, 0.3) is 0 Å². The van der Waals surface area contributed by atoms with Gasteiger partial charge < -0.3 is 14.2 Å². The minimum atomic E-state index is -1.03. The third kappa shape index (κ3) is 4.76. The van der Waals surface area contributed by atoms with E-state index >= 15 is 0 Å². The Kier molecular flexibility index (Phi) is 6.03. The molecule has 6 nitrogen and oxygen atoms in total. The van der Waals surface area contributed by atoms with E-state index in [1.165, 1.54) is 6.08 Å². The van der Waals surface area contributed by atoms with E-state index < -0.39 is 24.0 Å². The normalized spacial score (nSPS) is 23.9. The van der Waals surface area contributed by atoms with Gasteiger partial charge in [0, 0.05) is 13.1 Å². The largest absolute Gasteiger partial charge is 0.525 e. The smallest absolute Gasteiger partial charge is 0.398 e. The van der Waals surface area contributed by atoms with Gasteiger partial charge >= 0.3 is 7.12 Å². The fourth-order valence-electron chi connectivity index (χ4n) is 3.41. The van der Waals surface area contributed by atoms with Crippen molar-refractivity contribution in [2.45, 2.75) is 58.3 Å². The lowest BCUT2D eigenvalue weighted by atomic mass is 9.87. The van der Waals surface area contributed by atoms with Crippen LogP contribution in [0.2, 0.25) is 0 Å². The van der Waals surface area contributed by atoms with Crippen LogP contribution in [0.1, 0.15) is 46.2 Å². The van der Waals surface area contributed by atoms with Crippen LogP contribution in [-0.4, -0.2) is 64.5 Å². The van der Waals surface area contributed by atoms with Crippen molar-refractivity contribution >= 4 is 13.2 Å². The maximum absolute atomic E-state index is 14.6. The second-order valence-electron chi connectivity index (χ2n) is 8.46. The third-order valence-electron chi connectivity index (χ3n) is 5.87. The SMILES string of the molecule is CC1(C)OB(C(F)=Cc2cn(CC3CCN(CCF)CC3)nn2)OC1(C)C. The molecule has 3 rings (SSSR count). The Morgan fingerprint density at radius 3 is 2.48 bits per heavy atom. The predicted octanol–water partition coefficient (Wildman–Crippen LogP) is 2.90. The van der Waals surface area contributed by atoms with Crippen molar-refractivity contribution in [1.29, 1.82) is 0 Å². The van der Waals surface area contributed by atoms with Crippen molar-refractivity contribution < 1.29 is 18.1 Å². The summed E-state index contributed by atoms with van der Waals surface area (Å²) in [7, 11) is -1.03. The quantitative estimate of drug-likeness (QED) is 0.709. The Balaban J connectivity index is 1.56. The summed E-state index contributed by atoms with van der Waals surface area (Å²) in [6.07, 6.45) is 5.06. The fourth-order valence-corrected chi connectivity index (χ4v) is 3.41. The van der Waals surface area contributed by atoms with E-state index in [2.05, 4.69) is 15.2 Å². The minimum Gasteiger partial charge on any atom is -0.398 e. The lowest BCUT2D eigenvalue weighted by molar-refractivity contribution is 0.00578. The molecule has 0 spiro atoms. The van der Waals surface area contributed by atoms with Crippen LogP contribution in [0, 0.1) is 5.92 Å². The van der Waals surface area contributed by atoms with Crippen molar-refractivity contribution in [2.24, 2.45) is 5.92 Å².